The molecule has 3 aromatic rings. The van der Waals surface area contributed by atoms with Crippen molar-refractivity contribution in [3.8, 4) is 22.9 Å². The number of alkyl halides is 3. The number of hydrogen-bond donors (Lipinski definition) is 1. The second kappa shape index (κ2) is 13.8. The lowest BCUT2D eigenvalue weighted by Crippen LogP contribution is -2.55. The second-order valence-electron chi connectivity index (χ2n) is 13.9. The van der Waals surface area contributed by atoms with Crippen molar-refractivity contribution in [1.29, 1.82) is 0 Å². The van der Waals surface area contributed by atoms with E-state index >= 15 is 4.39 Å². The third-order valence-electron chi connectivity index (χ3n) is 8.78. The zero-order chi connectivity index (χ0) is 34.1. The number of nitrogens with zero attached hydrogens (tertiary/aromatic N) is 4. The molecule has 3 heterocycles. The van der Waals surface area contributed by atoms with Crippen LogP contribution in [0.3, 0.4) is 0 Å². The molecule has 5 rings (SSSR count). The van der Waals surface area contributed by atoms with Gasteiger partial charge in [0.15, 0.2) is 0 Å². The molecule has 1 aliphatic heterocycles. The Bertz CT molecular complexity index is 1570. The van der Waals surface area contributed by atoms with Gasteiger partial charge in [-0.2, -0.15) is 13.2 Å². The number of piperazine rings is 1. The first kappa shape index (κ1) is 34.6. The highest BCUT2D eigenvalue weighted by atomic mass is 28.3. The Hall–Kier alpha value is -3.71. The van der Waals surface area contributed by atoms with Gasteiger partial charge in [-0.3, -0.25) is 9.69 Å². The van der Waals surface area contributed by atoms with Crippen molar-refractivity contribution in [3.05, 3.63) is 59.7 Å². The molecule has 1 aliphatic carbocycles. The van der Waals surface area contributed by atoms with Gasteiger partial charge in [0.2, 0.25) is 11.8 Å². The summed E-state index contributed by atoms with van der Waals surface area (Å²) in [6.45, 7) is 12.3. The molecule has 1 N–H and O–H groups in total. The van der Waals surface area contributed by atoms with E-state index in [1.807, 2.05) is 25.8 Å². The number of nitrogens with one attached hydrogen (secondary N) is 1. The fourth-order valence-electron chi connectivity index (χ4n) is 5.44. The van der Waals surface area contributed by atoms with Crippen molar-refractivity contribution >= 4 is 25.4 Å². The molecule has 13 heteroatoms. The minimum Gasteiger partial charge on any atom is -0.478 e. The number of carbonyl (C=O) groups is 1. The molecule has 0 unspecified atom stereocenters. The van der Waals surface area contributed by atoms with Crippen LogP contribution in [-0.4, -0.2) is 74.3 Å². The van der Waals surface area contributed by atoms with E-state index in [1.54, 1.807) is 12.1 Å². The van der Waals surface area contributed by atoms with Crippen LogP contribution in [0, 0.1) is 11.7 Å². The lowest BCUT2D eigenvalue weighted by Gasteiger charge is -2.44. The summed E-state index contributed by atoms with van der Waals surface area (Å²) in [5.41, 5.74) is -0.707. The number of amides is 1. The maximum absolute atomic E-state index is 15.8. The minimum absolute atomic E-state index is 0.104. The molecule has 0 spiro atoms. The highest BCUT2D eigenvalue weighted by Crippen LogP contribution is 2.38. The van der Waals surface area contributed by atoms with Gasteiger partial charge in [0.25, 0.3) is 5.91 Å². The van der Waals surface area contributed by atoms with Crippen molar-refractivity contribution in [2.24, 2.45) is 5.92 Å². The number of anilines is 2. The normalized spacial score (nSPS) is 19.1. The average Bonchev–Trinajstić information content (AvgIpc) is 3.83. The summed E-state index contributed by atoms with van der Waals surface area (Å²) >= 11 is 0. The summed E-state index contributed by atoms with van der Waals surface area (Å²) < 4.78 is 69.9. The molecule has 2 aromatic heterocycles. The van der Waals surface area contributed by atoms with E-state index in [1.165, 1.54) is 18.3 Å². The Morgan fingerprint density at radius 3 is 2.28 bits per heavy atom. The topological polar surface area (TPSA) is 79.8 Å². The summed E-state index contributed by atoms with van der Waals surface area (Å²) in [5.74, 6) is -0.807. The zero-order valence-corrected chi connectivity index (χ0v) is 28.7. The summed E-state index contributed by atoms with van der Waals surface area (Å²) in [7, 11) is 0.518. The molecule has 0 radical (unpaired) electrons. The zero-order valence-electron chi connectivity index (χ0n) is 27.7. The molecule has 1 saturated carbocycles. The van der Waals surface area contributed by atoms with Gasteiger partial charge in [-0.25, -0.2) is 14.4 Å². The largest absolute Gasteiger partial charge is 0.478 e. The van der Waals surface area contributed by atoms with Gasteiger partial charge in [0.1, 0.15) is 5.82 Å². The predicted molar refractivity (Wildman–Crippen MR) is 178 cm³/mol. The van der Waals surface area contributed by atoms with Crippen LogP contribution in [0.25, 0.3) is 11.1 Å². The highest BCUT2D eigenvalue weighted by molar-refractivity contribution is 6.76. The van der Waals surface area contributed by atoms with Crippen LogP contribution in [0.2, 0.25) is 25.7 Å². The fraction of sp³-hybridized carbons (Fsp3) is 0.500. The van der Waals surface area contributed by atoms with Crippen LogP contribution >= 0.6 is 0 Å². The number of carbonyl (C=O) groups excluding carboxylic acids is 1. The molecule has 1 aromatic carbocycles. The maximum atomic E-state index is 15.8. The summed E-state index contributed by atoms with van der Waals surface area (Å²) in [6, 6.07) is 7.81. The summed E-state index contributed by atoms with van der Waals surface area (Å²) in [4.78, 5) is 26.1. The van der Waals surface area contributed by atoms with Gasteiger partial charge in [-0.15, -0.1) is 0 Å². The van der Waals surface area contributed by atoms with Gasteiger partial charge >= 0.3 is 6.18 Å². The molecule has 2 atom stereocenters. The smallest absolute Gasteiger partial charge is 0.417 e. The Morgan fingerprint density at radius 2 is 1.68 bits per heavy atom. The van der Waals surface area contributed by atoms with Crippen molar-refractivity contribution in [1.82, 2.24) is 14.9 Å². The Morgan fingerprint density at radius 1 is 1.00 bits per heavy atom. The second-order valence-corrected chi connectivity index (χ2v) is 19.6. The Labute approximate surface area is 274 Å². The van der Waals surface area contributed by atoms with Crippen molar-refractivity contribution < 1.29 is 31.8 Å². The standard InChI is InChI=1S/C34H43F4N5O3Si/c1-21-18-43(19-22(2)42(21)3)30-15-28(35)25(24-9-10-31(39-16-24)46-20-23-7-8-23)13-29(30)41-33(44)26-17-40-32(14-27(26)34(36,37)38)45-11-12-47(4,5)6/h9-10,13-17,21-23H,7-8,11-12,18-20H2,1-6H3,(H,41,44)/t21-,22+. The van der Waals surface area contributed by atoms with Gasteiger partial charge in [0.05, 0.1) is 35.7 Å². The molecule has 254 valence electrons. The van der Waals surface area contributed by atoms with E-state index in [0.717, 1.165) is 31.1 Å². The number of pyridine rings is 2. The maximum Gasteiger partial charge on any atom is 0.417 e. The molecular formula is C34H43F4N5O3Si. The molecule has 2 fully saturated rings. The van der Waals surface area contributed by atoms with Gasteiger partial charge in [-0.1, -0.05) is 19.6 Å². The van der Waals surface area contributed by atoms with Crippen LogP contribution in [0.1, 0.15) is 42.6 Å². The van der Waals surface area contributed by atoms with Gasteiger partial charge in [-0.05, 0) is 63.9 Å². The highest BCUT2D eigenvalue weighted by Gasteiger charge is 2.37. The van der Waals surface area contributed by atoms with Crippen molar-refractivity contribution in [2.75, 3.05) is 43.6 Å². The molecule has 47 heavy (non-hydrogen) atoms. The molecule has 1 amide bonds. The third-order valence-corrected chi connectivity index (χ3v) is 10.5. The van der Waals surface area contributed by atoms with Gasteiger partial charge in [0, 0.05) is 68.9 Å². The number of ether oxygens (including phenoxy) is 2. The molecule has 1 saturated heterocycles. The van der Waals surface area contributed by atoms with Crippen LogP contribution in [-0.2, 0) is 6.18 Å². The van der Waals surface area contributed by atoms with E-state index in [9.17, 15) is 18.0 Å². The quantitative estimate of drug-likeness (QED) is 0.166. The van der Waals surface area contributed by atoms with E-state index in [4.69, 9.17) is 9.47 Å². The summed E-state index contributed by atoms with van der Waals surface area (Å²) in [6.07, 6.45) is -0.214. The first-order valence-electron chi connectivity index (χ1n) is 16.0. The lowest BCUT2D eigenvalue weighted by atomic mass is 10.0. The first-order valence-corrected chi connectivity index (χ1v) is 19.7. The SMILES string of the molecule is C[C@@H]1CN(c2cc(F)c(-c3ccc(OCC4CC4)nc3)cc2NC(=O)c2cnc(OCC[Si](C)(C)C)cc2C(F)(F)F)C[C@H](C)N1C. The fourth-order valence-corrected chi connectivity index (χ4v) is 6.16. The third kappa shape index (κ3) is 8.81. The van der Waals surface area contributed by atoms with Crippen LogP contribution in [0.4, 0.5) is 28.9 Å². The molecular weight excluding hydrogens is 630 g/mol. The Kier molecular flexibility index (Phi) is 10.2. The number of benzene rings is 1. The predicted octanol–water partition coefficient (Wildman–Crippen LogP) is 7.59. The number of likely N-dealkylation sites (N-methyl/N-ethyl adjacent to an activating group) is 1. The summed E-state index contributed by atoms with van der Waals surface area (Å²) in [5, 5.41) is 2.67. The van der Waals surface area contributed by atoms with Crippen LogP contribution in [0.15, 0.2) is 42.7 Å². The average molecular weight is 674 g/mol. The molecule has 0 bridgehead atoms. The monoisotopic (exact) mass is 673 g/mol. The van der Waals surface area contributed by atoms with Crippen molar-refractivity contribution in [2.45, 2.75) is 70.6 Å². The van der Waals surface area contributed by atoms with Gasteiger partial charge < -0.3 is 19.7 Å². The number of halogens is 4. The Balaban J connectivity index is 1.48. The number of rotatable bonds is 11. The minimum atomic E-state index is -4.85. The van der Waals surface area contributed by atoms with E-state index in [0.29, 0.717) is 42.7 Å². The number of hydrogen-bond acceptors (Lipinski definition) is 7. The van der Waals surface area contributed by atoms with Crippen molar-refractivity contribution in [3.63, 3.8) is 0 Å². The molecule has 8 nitrogen and oxygen atoms in total. The van der Waals surface area contributed by atoms with E-state index in [-0.39, 0.29) is 35.8 Å². The van der Waals surface area contributed by atoms with Crippen LogP contribution in [0.5, 0.6) is 11.8 Å². The number of aromatic nitrogens is 2. The van der Waals surface area contributed by atoms with E-state index < -0.39 is 37.1 Å². The lowest BCUT2D eigenvalue weighted by molar-refractivity contribution is -0.138. The first-order chi connectivity index (χ1) is 22.1. The molecule has 2 aliphatic rings. The van der Waals surface area contributed by atoms with E-state index in [2.05, 4.69) is 39.8 Å². The van der Waals surface area contributed by atoms with Crippen LogP contribution < -0.4 is 19.7 Å².